The number of thiocarbonyl (C=S) groups is 1. The van der Waals surface area contributed by atoms with Gasteiger partial charge < -0.3 is 5.32 Å². The van der Waals surface area contributed by atoms with Crippen LogP contribution in [0, 0.1) is 11.7 Å². The zero-order valence-electron chi connectivity index (χ0n) is 16.5. The molecule has 3 nitrogen and oxygen atoms in total. The lowest BCUT2D eigenvalue weighted by Crippen LogP contribution is -2.44. The van der Waals surface area contributed by atoms with Crippen molar-refractivity contribution >= 4 is 23.0 Å². The molecular formula is C24H26FN3S. The molecule has 2 aromatic carbocycles. The second-order valence-corrected chi connectivity index (χ2v) is 8.80. The fourth-order valence-electron chi connectivity index (χ4n) is 5.11. The van der Waals surface area contributed by atoms with Gasteiger partial charge in [0.05, 0.1) is 11.8 Å². The Bertz CT molecular complexity index is 933. The van der Waals surface area contributed by atoms with Crippen LogP contribution < -0.4 is 5.32 Å². The van der Waals surface area contributed by atoms with Gasteiger partial charge in [0.1, 0.15) is 5.82 Å². The van der Waals surface area contributed by atoms with Crippen LogP contribution >= 0.6 is 12.2 Å². The van der Waals surface area contributed by atoms with E-state index in [4.69, 9.17) is 17.3 Å². The molecule has 150 valence electrons. The van der Waals surface area contributed by atoms with E-state index in [-0.39, 0.29) is 17.8 Å². The average Bonchev–Trinajstić information content (AvgIpc) is 3.15. The molecule has 0 bridgehead atoms. The molecule has 2 aliphatic carbocycles. The van der Waals surface area contributed by atoms with Gasteiger partial charge in [0, 0.05) is 17.5 Å². The Hall–Kier alpha value is -2.27. The molecule has 0 unspecified atom stereocenters. The van der Waals surface area contributed by atoms with Gasteiger partial charge in [0.15, 0.2) is 5.11 Å². The molecule has 1 fully saturated rings. The molecule has 3 aliphatic rings. The first kappa shape index (κ1) is 18.7. The fourth-order valence-corrected chi connectivity index (χ4v) is 5.43. The number of hydrogen-bond donors (Lipinski definition) is 1. The van der Waals surface area contributed by atoms with Crippen molar-refractivity contribution in [1.29, 1.82) is 0 Å². The monoisotopic (exact) mass is 407 g/mol. The highest BCUT2D eigenvalue weighted by Crippen LogP contribution is 2.43. The van der Waals surface area contributed by atoms with Crippen LogP contribution in [0.25, 0.3) is 0 Å². The van der Waals surface area contributed by atoms with E-state index in [0.29, 0.717) is 11.2 Å². The van der Waals surface area contributed by atoms with Crippen LogP contribution in [0.3, 0.4) is 0 Å². The molecule has 5 rings (SSSR count). The van der Waals surface area contributed by atoms with Crippen molar-refractivity contribution in [3.63, 3.8) is 0 Å². The van der Waals surface area contributed by atoms with Crippen LogP contribution in [0.2, 0.25) is 0 Å². The molecule has 0 radical (unpaired) electrons. The molecular weight excluding hydrogens is 381 g/mol. The third kappa shape index (κ3) is 3.57. The molecule has 2 atom stereocenters. The predicted molar refractivity (Wildman–Crippen MR) is 118 cm³/mol. The Morgan fingerprint density at radius 1 is 1.00 bits per heavy atom. The zero-order chi connectivity index (χ0) is 19.8. The highest BCUT2D eigenvalue weighted by atomic mass is 32.1. The Labute approximate surface area is 177 Å². The molecule has 0 aromatic heterocycles. The smallest absolute Gasteiger partial charge is 0.190 e. The lowest BCUT2D eigenvalue weighted by Gasteiger charge is -2.33. The maximum atomic E-state index is 13.6. The highest BCUT2D eigenvalue weighted by molar-refractivity contribution is 7.80. The molecule has 0 amide bonds. The Morgan fingerprint density at radius 3 is 2.55 bits per heavy atom. The van der Waals surface area contributed by atoms with E-state index >= 15 is 0 Å². The van der Waals surface area contributed by atoms with Gasteiger partial charge in [-0.25, -0.2) is 9.40 Å². The number of benzene rings is 2. The van der Waals surface area contributed by atoms with Gasteiger partial charge in [-0.1, -0.05) is 55.7 Å². The fraction of sp³-hybridized carbons (Fsp3) is 0.417. The largest absolute Gasteiger partial charge is 0.358 e. The van der Waals surface area contributed by atoms with E-state index in [0.717, 1.165) is 37.0 Å². The van der Waals surface area contributed by atoms with Gasteiger partial charge in [-0.3, -0.25) is 0 Å². The summed E-state index contributed by atoms with van der Waals surface area (Å²) in [6.45, 7) is 0. The van der Waals surface area contributed by atoms with E-state index < -0.39 is 0 Å². The number of rotatable bonds is 2. The molecule has 1 heterocycles. The first-order valence-corrected chi connectivity index (χ1v) is 11.1. The van der Waals surface area contributed by atoms with Crippen LogP contribution in [-0.2, 0) is 6.42 Å². The minimum atomic E-state index is -0.212. The van der Waals surface area contributed by atoms with Crippen molar-refractivity contribution in [2.75, 3.05) is 0 Å². The summed E-state index contributed by atoms with van der Waals surface area (Å²) in [5.41, 5.74) is 4.78. The topological polar surface area (TPSA) is 27.6 Å². The van der Waals surface area contributed by atoms with E-state index in [1.54, 1.807) is 12.1 Å². The minimum Gasteiger partial charge on any atom is -0.358 e. The zero-order valence-corrected chi connectivity index (χ0v) is 17.3. The lowest BCUT2D eigenvalue weighted by atomic mass is 9.77. The average molecular weight is 408 g/mol. The number of nitrogens with one attached hydrogen (secondary N) is 1. The summed E-state index contributed by atoms with van der Waals surface area (Å²) in [5.74, 6) is 0.0535. The van der Waals surface area contributed by atoms with Crippen molar-refractivity contribution in [2.45, 2.75) is 57.0 Å². The summed E-state index contributed by atoms with van der Waals surface area (Å²) in [5, 5.41) is 11.3. The first-order chi connectivity index (χ1) is 14.2. The van der Waals surface area contributed by atoms with Gasteiger partial charge in [0.25, 0.3) is 0 Å². The normalized spacial score (nSPS) is 23.9. The molecule has 1 saturated carbocycles. The molecule has 29 heavy (non-hydrogen) atoms. The molecule has 0 saturated heterocycles. The van der Waals surface area contributed by atoms with E-state index in [1.165, 1.54) is 30.4 Å². The summed E-state index contributed by atoms with van der Waals surface area (Å²) >= 11 is 5.85. The van der Waals surface area contributed by atoms with Crippen molar-refractivity contribution in [3.8, 4) is 0 Å². The molecule has 1 aliphatic heterocycles. The van der Waals surface area contributed by atoms with Crippen LogP contribution in [-0.4, -0.2) is 21.9 Å². The number of hydrogen-bond acceptors (Lipinski definition) is 2. The summed E-state index contributed by atoms with van der Waals surface area (Å²) in [6.07, 6.45) is 8.22. The first-order valence-electron chi connectivity index (χ1n) is 10.7. The molecule has 5 heteroatoms. The second-order valence-electron chi connectivity index (χ2n) is 8.41. The van der Waals surface area contributed by atoms with Crippen LogP contribution in [0.15, 0.2) is 53.6 Å². The molecule has 0 spiro atoms. The third-order valence-corrected chi connectivity index (χ3v) is 6.89. The number of nitrogens with zero attached hydrogens (tertiary/aromatic N) is 2. The second kappa shape index (κ2) is 7.86. The van der Waals surface area contributed by atoms with Crippen molar-refractivity contribution < 1.29 is 4.39 Å². The quantitative estimate of drug-likeness (QED) is 0.680. The van der Waals surface area contributed by atoms with E-state index in [2.05, 4.69) is 29.6 Å². The van der Waals surface area contributed by atoms with Crippen molar-refractivity contribution in [3.05, 3.63) is 71.0 Å². The SMILES string of the molecule is Fc1ccc([C@@H]2[C@H]3CCc4ccccc4C3=NN2C(=S)NC2CCCCC2)cc1. The third-order valence-electron chi connectivity index (χ3n) is 6.58. The number of hydrazone groups is 1. The minimum absolute atomic E-state index is 0.0162. The summed E-state index contributed by atoms with van der Waals surface area (Å²) in [7, 11) is 0. The Morgan fingerprint density at radius 2 is 1.76 bits per heavy atom. The number of aryl methyl sites for hydroxylation is 1. The summed E-state index contributed by atoms with van der Waals surface area (Å²) < 4.78 is 13.6. The summed E-state index contributed by atoms with van der Waals surface area (Å²) in [6, 6.07) is 15.8. The van der Waals surface area contributed by atoms with Gasteiger partial charge in [0.2, 0.25) is 0 Å². The van der Waals surface area contributed by atoms with Gasteiger partial charge in [-0.2, -0.15) is 5.10 Å². The summed E-state index contributed by atoms with van der Waals surface area (Å²) in [4.78, 5) is 0. The van der Waals surface area contributed by atoms with E-state index in [9.17, 15) is 4.39 Å². The Kier molecular flexibility index (Phi) is 5.08. The van der Waals surface area contributed by atoms with E-state index in [1.807, 2.05) is 17.1 Å². The standard InChI is InChI=1S/C24H26FN3S/c25-18-13-10-17(11-14-18)23-21-15-12-16-6-4-5-9-20(16)22(21)27-28(23)24(29)26-19-7-2-1-3-8-19/h4-6,9-11,13-14,19,21,23H,1-3,7-8,12,15H2,(H,26,29)/t21-,23+/m0/s1. The van der Waals surface area contributed by atoms with Crippen LogP contribution in [0.1, 0.15) is 61.3 Å². The lowest BCUT2D eigenvalue weighted by molar-refractivity contribution is 0.294. The van der Waals surface area contributed by atoms with Crippen LogP contribution in [0.5, 0.6) is 0 Å². The Balaban J connectivity index is 1.50. The predicted octanol–water partition coefficient (Wildman–Crippen LogP) is 5.36. The number of fused-ring (bicyclic) bond motifs is 3. The number of halogens is 1. The van der Waals surface area contributed by atoms with Crippen molar-refractivity contribution in [1.82, 2.24) is 10.3 Å². The van der Waals surface area contributed by atoms with Gasteiger partial charge >= 0.3 is 0 Å². The van der Waals surface area contributed by atoms with Crippen molar-refractivity contribution in [2.24, 2.45) is 11.0 Å². The van der Waals surface area contributed by atoms with Gasteiger partial charge in [-0.15, -0.1) is 0 Å². The van der Waals surface area contributed by atoms with Gasteiger partial charge in [-0.05, 0) is 61.2 Å². The molecule has 2 aromatic rings. The maximum Gasteiger partial charge on any atom is 0.190 e. The maximum absolute atomic E-state index is 13.6. The highest BCUT2D eigenvalue weighted by Gasteiger charge is 2.43. The molecule has 1 N–H and O–H groups in total. The van der Waals surface area contributed by atoms with Crippen LogP contribution in [0.4, 0.5) is 4.39 Å².